The summed E-state index contributed by atoms with van der Waals surface area (Å²) >= 11 is 0. The summed E-state index contributed by atoms with van der Waals surface area (Å²) in [5, 5.41) is 9.62. The van der Waals surface area contributed by atoms with Gasteiger partial charge >= 0.3 is 15.2 Å². The number of fused-ring (bicyclic) bond motifs is 1. The Balaban J connectivity index is 2.13. The first-order chi connectivity index (χ1) is 10.5. The summed E-state index contributed by atoms with van der Waals surface area (Å²) in [7, 11) is -10.9. The lowest BCUT2D eigenvalue weighted by molar-refractivity contribution is 0.126. The molecule has 0 saturated heterocycles. The van der Waals surface area contributed by atoms with E-state index in [4.69, 9.17) is 19.6 Å². The van der Waals surface area contributed by atoms with Gasteiger partial charge in [-0.05, 0) is 6.07 Å². The zero-order valence-electron chi connectivity index (χ0n) is 11.6. The van der Waals surface area contributed by atoms with Gasteiger partial charge in [0.25, 0.3) is 5.08 Å². The molecule has 0 radical (unpaired) electrons. The molecule has 2 aromatic rings. The number of nitrogens with one attached hydrogen (secondary N) is 1. The van der Waals surface area contributed by atoms with Crippen LogP contribution in [0.15, 0.2) is 30.5 Å². The molecule has 126 valence electrons. The second-order valence-electron chi connectivity index (χ2n) is 4.79. The highest BCUT2D eigenvalue weighted by molar-refractivity contribution is 7.72. The van der Waals surface area contributed by atoms with Crippen molar-refractivity contribution >= 4 is 32.0 Å². The van der Waals surface area contributed by atoms with Crippen molar-refractivity contribution in [1.29, 1.82) is 0 Å². The van der Waals surface area contributed by atoms with Crippen molar-refractivity contribution in [3.8, 4) is 0 Å². The third kappa shape index (κ3) is 3.76. The van der Waals surface area contributed by atoms with Crippen LogP contribution in [0, 0.1) is 0 Å². The average molecular weight is 363 g/mol. The Morgan fingerprint density at radius 3 is 2.30 bits per heavy atom. The average Bonchev–Trinajstić information content (AvgIpc) is 2.44. The fourth-order valence-electron chi connectivity index (χ4n) is 1.86. The summed E-state index contributed by atoms with van der Waals surface area (Å²) in [6.45, 7) is -0.356. The molecule has 10 nitrogen and oxygen atoms in total. The highest BCUT2D eigenvalue weighted by Crippen LogP contribution is 2.68. The largest absolute Gasteiger partial charge is 0.369 e. The van der Waals surface area contributed by atoms with Crippen LogP contribution in [0.5, 0.6) is 0 Å². The summed E-state index contributed by atoms with van der Waals surface area (Å²) in [5.41, 5.74) is 0.616. The maximum Gasteiger partial charge on any atom is 0.369 e. The van der Waals surface area contributed by atoms with Crippen molar-refractivity contribution in [1.82, 2.24) is 9.97 Å². The molecule has 0 bridgehead atoms. The smallest absolute Gasteiger partial charge is 0.367 e. The fraction of sp³-hybridized carbons (Fsp3) is 0.273. The van der Waals surface area contributed by atoms with Gasteiger partial charge in [-0.25, -0.2) is 9.97 Å². The predicted octanol–water partition coefficient (Wildman–Crippen LogP) is 0.433. The standard InChI is InChI=1S/C11H15N3O7P2/c15-11(22(16,17)18,23(19,20)21)5-6-12-10-13-7-8-3-1-2-4-9(8)14-10/h1-4,7,15H,5-6H2,(H,12,13,14)(H2,16,17,18)(H2,19,20,21). The summed E-state index contributed by atoms with van der Waals surface area (Å²) in [4.78, 5) is 44.2. The normalized spacial score (nSPS) is 13.3. The minimum Gasteiger partial charge on any atom is -0.367 e. The van der Waals surface area contributed by atoms with Crippen LogP contribution in [0.25, 0.3) is 10.9 Å². The van der Waals surface area contributed by atoms with Gasteiger partial charge in [0, 0.05) is 24.5 Å². The van der Waals surface area contributed by atoms with E-state index < -0.39 is 26.7 Å². The molecule has 23 heavy (non-hydrogen) atoms. The summed E-state index contributed by atoms with van der Waals surface area (Å²) in [6, 6.07) is 7.08. The number of anilines is 1. The molecule has 0 spiro atoms. The van der Waals surface area contributed by atoms with Gasteiger partial charge in [-0.1, -0.05) is 18.2 Å². The molecule has 6 N–H and O–H groups in total. The fourth-order valence-corrected chi connectivity index (χ4v) is 4.02. The van der Waals surface area contributed by atoms with E-state index in [1.165, 1.54) is 6.20 Å². The van der Waals surface area contributed by atoms with E-state index in [0.717, 1.165) is 5.39 Å². The molecule has 1 heterocycles. The highest BCUT2D eigenvalue weighted by Gasteiger charge is 2.58. The maximum absolute atomic E-state index is 11.2. The van der Waals surface area contributed by atoms with Gasteiger partial charge in [0.2, 0.25) is 5.95 Å². The number of hydrogen-bond acceptors (Lipinski definition) is 6. The van der Waals surface area contributed by atoms with E-state index in [2.05, 4.69) is 15.3 Å². The van der Waals surface area contributed by atoms with Crippen molar-refractivity contribution < 1.29 is 33.8 Å². The molecule has 0 fully saturated rings. The number of nitrogens with zero attached hydrogens (tertiary/aromatic N) is 2. The van der Waals surface area contributed by atoms with Crippen molar-refractivity contribution in [2.24, 2.45) is 0 Å². The molecule has 0 aliphatic carbocycles. The second-order valence-corrected chi connectivity index (χ2v) is 8.80. The maximum atomic E-state index is 11.2. The molecule has 0 amide bonds. The van der Waals surface area contributed by atoms with Crippen molar-refractivity contribution in [2.45, 2.75) is 11.5 Å². The van der Waals surface area contributed by atoms with E-state index >= 15 is 0 Å². The van der Waals surface area contributed by atoms with Crippen LogP contribution in [-0.4, -0.2) is 46.3 Å². The lowest BCUT2D eigenvalue weighted by Crippen LogP contribution is -2.31. The molecule has 1 aromatic heterocycles. The number of aromatic nitrogens is 2. The van der Waals surface area contributed by atoms with Crippen molar-refractivity contribution in [3.63, 3.8) is 0 Å². The first kappa shape index (κ1) is 18.0. The van der Waals surface area contributed by atoms with Crippen LogP contribution in [0.3, 0.4) is 0 Å². The zero-order chi connectivity index (χ0) is 17.3. The Labute approximate surface area is 130 Å². The van der Waals surface area contributed by atoms with Crippen molar-refractivity contribution in [3.05, 3.63) is 30.5 Å². The molecule has 12 heteroatoms. The van der Waals surface area contributed by atoms with Gasteiger partial charge in [-0.2, -0.15) is 0 Å². The van der Waals surface area contributed by atoms with Gasteiger partial charge < -0.3 is 30.0 Å². The molecular weight excluding hydrogens is 348 g/mol. The molecule has 0 saturated carbocycles. The Bertz CT molecular complexity index is 781. The van der Waals surface area contributed by atoms with Crippen LogP contribution in [-0.2, 0) is 9.13 Å². The van der Waals surface area contributed by atoms with Crippen LogP contribution in [0.4, 0.5) is 5.95 Å². The number of aliphatic hydroxyl groups is 1. The Morgan fingerprint density at radius 2 is 1.70 bits per heavy atom. The molecular formula is C11H15N3O7P2. The summed E-state index contributed by atoms with van der Waals surface area (Å²) in [5.74, 6) is 0.0995. The van der Waals surface area contributed by atoms with Crippen LogP contribution < -0.4 is 5.32 Å². The van der Waals surface area contributed by atoms with Crippen LogP contribution in [0.2, 0.25) is 0 Å². The van der Waals surface area contributed by atoms with E-state index in [1.54, 1.807) is 24.3 Å². The van der Waals surface area contributed by atoms with Crippen LogP contribution in [0.1, 0.15) is 6.42 Å². The Morgan fingerprint density at radius 1 is 1.09 bits per heavy atom. The van der Waals surface area contributed by atoms with Gasteiger partial charge in [0.1, 0.15) is 0 Å². The third-order valence-corrected chi connectivity index (χ3v) is 7.04. The monoisotopic (exact) mass is 363 g/mol. The van der Waals surface area contributed by atoms with Crippen LogP contribution >= 0.6 is 15.2 Å². The van der Waals surface area contributed by atoms with Gasteiger partial charge in [0.15, 0.2) is 0 Å². The summed E-state index contributed by atoms with van der Waals surface area (Å²) < 4.78 is 22.4. The predicted molar refractivity (Wildman–Crippen MR) is 81.7 cm³/mol. The topological polar surface area (TPSA) is 173 Å². The zero-order valence-corrected chi connectivity index (χ0v) is 13.4. The SMILES string of the molecule is O=P(O)(O)C(O)(CCNc1ncc2ccccc2n1)P(=O)(O)O. The Kier molecular flexibility index (Phi) is 4.89. The highest BCUT2D eigenvalue weighted by atomic mass is 31.2. The molecule has 1 aromatic carbocycles. The minimum atomic E-state index is -5.46. The molecule has 0 unspecified atom stereocenters. The van der Waals surface area contributed by atoms with Gasteiger partial charge in [0.05, 0.1) is 5.52 Å². The minimum absolute atomic E-state index is 0.0995. The Hall–Kier alpha value is -1.38. The summed E-state index contributed by atoms with van der Waals surface area (Å²) in [6.07, 6.45) is 0.626. The number of benzene rings is 1. The lowest BCUT2D eigenvalue weighted by atomic mass is 10.2. The number of hydrogen-bond donors (Lipinski definition) is 6. The first-order valence-corrected chi connectivity index (χ1v) is 9.56. The van der Waals surface area contributed by atoms with E-state index in [-0.39, 0.29) is 12.5 Å². The second kappa shape index (κ2) is 6.26. The molecule has 0 atom stereocenters. The van der Waals surface area contributed by atoms with Gasteiger partial charge in [-0.3, -0.25) is 9.13 Å². The number of rotatable bonds is 6. The lowest BCUT2D eigenvalue weighted by Gasteiger charge is -2.29. The third-order valence-electron chi connectivity index (χ3n) is 3.17. The molecule has 2 rings (SSSR count). The van der Waals surface area contributed by atoms with E-state index in [1.807, 2.05) is 0 Å². The van der Waals surface area contributed by atoms with Crippen molar-refractivity contribution in [2.75, 3.05) is 11.9 Å². The molecule has 0 aliphatic rings. The first-order valence-electron chi connectivity index (χ1n) is 6.34. The van der Waals surface area contributed by atoms with Gasteiger partial charge in [-0.15, -0.1) is 0 Å². The van der Waals surface area contributed by atoms with E-state index in [0.29, 0.717) is 5.52 Å². The number of para-hydroxylation sites is 1. The quantitative estimate of drug-likeness (QED) is 0.395. The molecule has 0 aliphatic heterocycles. The van der Waals surface area contributed by atoms with E-state index in [9.17, 15) is 14.2 Å².